The largest absolute Gasteiger partial charge is 0.394 e. The average molecular weight is 203 g/mol. The SMILES string of the molecule is CC(C)OCC(=O)N(C)C(C)(C)CO. The number of ether oxygens (including phenoxy) is 1. The molecule has 0 fully saturated rings. The first-order chi connectivity index (χ1) is 6.31. The molecule has 0 radical (unpaired) electrons. The van der Waals surface area contributed by atoms with Gasteiger partial charge in [0.1, 0.15) is 6.61 Å². The molecule has 84 valence electrons. The first kappa shape index (κ1) is 13.4. The summed E-state index contributed by atoms with van der Waals surface area (Å²) in [6.45, 7) is 7.38. The fourth-order valence-electron chi connectivity index (χ4n) is 0.778. The molecule has 0 rings (SSSR count). The smallest absolute Gasteiger partial charge is 0.248 e. The summed E-state index contributed by atoms with van der Waals surface area (Å²) in [7, 11) is 1.67. The number of rotatable bonds is 5. The van der Waals surface area contributed by atoms with E-state index in [1.165, 1.54) is 4.90 Å². The second-order valence-electron chi connectivity index (χ2n) is 4.28. The van der Waals surface area contributed by atoms with E-state index < -0.39 is 5.54 Å². The van der Waals surface area contributed by atoms with Crippen molar-refractivity contribution in [3.63, 3.8) is 0 Å². The lowest BCUT2D eigenvalue weighted by Gasteiger charge is -2.34. The van der Waals surface area contributed by atoms with Gasteiger partial charge in [0.15, 0.2) is 0 Å². The van der Waals surface area contributed by atoms with Crippen LogP contribution in [-0.2, 0) is 9.53 Å². The Kier molecular flexibility index (Phi) is 5.08. The van der Waals surface area contributed by atoms with Gasteiger partial charge >= 0.3 is 0 Å². The third-order valence-electron chi connectivity index (χ3n) is 2.21. The van der Waals surface area contributed by atoms with E-state index in [0.717, 1.165) is 0 Å². The monoisotopic (exact) mass is 203 g/mol. The van der Waals surface area contributed by atoms with Crippen molar-refractivity contribution < 1.29 is 14.6 Å². The number of likely N-dealkylation sites (N-methyl/N-ethyl adjacent to an activating group) is 1. The predicted molar refractivity (Wildman–Crippen MR) is 55.0 cm³/mol. The van der Waals surface area contributed by atoms with Crippen molar-refractivity contribution in [3.8, 4) is 0 Å². The first-order valence-electron chi connectivity index (χ1n) is 4.80. The average Bonchev–Trinajstić information content (AvgIpc) is 2.12. The molecule has 0 aliphatic rings. The van der Waals surface area contributed by atoms with Crippen molar-refractivity contribution in [3.05, 3.63) is 0 Å². The Morgan fingerprint density at radius 2 is 2.00 bits per heavy atom. The van der Waals surface area contributed by atoms with Gasteiger partial charge in [0.2, 0.25) is 5.91 Å². The molecule has 0 bridgehead atoms. The molecule has 0 unspecified atom stereocenters. The highest BCUT2D eigenvalue weighted by molar-refractivity contribution is 5.77. The Labute approximate surface area is 85.9 Å². The number of aliphatic hydroxyl groups is 1. The van der Waals surface area contributed by atoms with Crippen LogP contribution in [0.3, 0.4) is 0 Å². The number of hydrogen-bond acceptors (Lipinski definition) is 3. The normalized spacial score (nSPS) is 11.9. The van der Waals surface area contributed by atoms with Gasteiger partial charge in [-0.2, -0.15) is 0 Å². The Bertz CT molecular complexity index is 190. The molecular formula is C10H21NO3. The minimum atomic E-state index is -0.530. The van der Waals surface area contributed by atoms with Gasteiger partial charge in [0.25, 0.3) is 0 Å². The van der Waals surface area contributed by atoms with Crippen LogP contribution in [0.25, 0.3) is 0 Å². The summed E-state index contributed by atoms with van der Waals surface area (Å²) in [5, 5.41) is 9.06. The van der Waals surface area contributed by atoms with Crippen molar-refractivity contribution in [2.45, 2.75) is 39.3 Å². The highest BCUT2D eigenvalue weighted by Gasteiger charge is 2.26. The van der Waals surface area contributed by atoms with Crippen LogP contribution >= 0.6 is 0 Å². The third kappa shape index (κ3) is 4.07. The molecule has 0 aliphatic heterocycles. The molecule has 0 saturated heterocycles. The third-order valence-corrected chi connectivity index (χ3v) is 2.21. The molecule has 0 heterocycles. The van der Waals surface area contributed by atoms with Crippen molar-refractivity contribution in [1.82, 2.24) is 4.90 Å². The van der Waals surface area contributed by atoms with Gasteiger partial charge in [0, 0.05) is 7.05 Å². The lowest BCUT2D eigenvalue weighted by atomic mass is 10.1. The molecule has 14 heavy (non-hydrogen) atoms. The Hall–Kier alpha value is -0.610. The van der Waals surface area contributed by atoms with Crippen LogP contribution in [0.2, 0.25) is 0 Å². The molecule has 0 saturated carbocycles. The van der Waals surface area contributed by atoms with Crippen LogP contribution in [0.4, 0.5) is 0 Å². The zero-order chi connectivity index (χ0) is 11.4. The quantitative estimate of drug-likeness (QED) is 0.713. The topological polar surface area (TPSA) is 49.8 Å². The molecular weight excluding hydrogens is 182 g/mol. The van der Waals surface area contributed by atoms with Gasteiger partial charge in [-0.3, -0.25) is 4.79 Å². The number of aliphatic hydroxyl groups excluding tert-OH is 1. The van der Waals surface area contributed by atoms with Gasteiger partial charge in [-0.15, -0.1) is 0 Å². The number of nitrogens with zero attached hydrogens (tertiary/aromatic N) is 1. The molecule has 0 aromatic heterocycles. The summed E-state index contributed by atoms with van der Waals surface area (Å²) in [5.41, 5.74) is -0.530. The van der Waals surface area contributed by atoms with Gasteiger partial charge in [-0.25, -0.2) is 0 Å². The van der Waals surface area contributed by atoms with E-state index in [4.69, 9.17) is 9.84 Å². The molecule has 1 amide bonds. The Morgan fingerprint density at radius 1 is 1.50 bits per heavy atom. The molecule has 0 atom stereocenters. The Morgan fingerprint density at radius 3 is 2.36 bits per heavy atom. The van der Waals surface area contributed by atoms with Gasteiger partial charge in [0.05, 0.1) is 18.2 Å². The number of carbonyl (C=O) groups is 1. The fourth-order valence-corrected chi connectivity index (χ4v) is 0.778. The van der Waals surface area contributed by atoms with Crippen LogP contribution in [0.15, 0.2) is 0 Å². The minimum Gasteiger partial charge on any atom is -0.394 e. The van der Waals surface area contributed by atoms with E-state index in [2.05, 4.69) is 0 Å². The maximum atomic E-state index is 11.5. The highest BCUT2D eigenvalue weighted by atomic mass is 16.5. The maximum Gasteiger partial charge on any atom is 0.248 e. The van der Waals surface area contributed by atoms with Gasteiger partial charge in [-0.1, -0.05) is 0 Å². The van der Waals surface area contributed by atoms with Crippen LogP contribution in [0.5, 0.6) is 0 Å². The number of amides is 1. The van der Waals surface area contributed by atoms with Crippen LogP contribution in [0, 0.1) is 0 Å². The van der Waals surface area contributed by atoms with Gasteiger partial charge in [-0.05, 0) is 27.7 Å². The minimum absolute atomic E-state index is 0.0459. The zero-order valence-electron chi connectivity index (χ0n) is 9.70. The molecule has 0 aliphatic carbocycles. The maximum absolute atomic E-state index is 11.5. The first-order valence-corrected chi connectivity index (χ1v) is 4.80. The van der Waals surface area contributed by atoms with E-state index in [1.807, 2.05) is 13.8 Å². The Balaban J connectivity index is 4.12. The summed E-state index contributed by atoms with van der Waals surface area (Å²) in [6, 6.07) is 0. The van der Waals surface area contributed by atoms with Crippen molar-refractivity contribution in [2.24, 2.45) is 0 Å². The van der Waals surface area contributed by atoms with E-state index in [1.54, 1.807) is 20.9 Å². The molecule has 4 nitrogen and oxygen atoms in total. The summed E-state index contributed by atoms with van der Waals surface area (Å²) in [6.07, 6.45) is 0.0459. The van der Waals surface area contributed by atoms with E-state index in [9.17, 15) is 4.79 Å². The highest BCUT2D eigenvalue weighted by Crippen LogP contribution is 2.11. The fraction of sp³-hybridized carbons (Fsp3) is 0.900. The number of hydrogen-bond donors (Lipinski definition) is 1. The lowest BCUT2D eigenvalue weighted by Crippen LogP contribution is -2.49. The molecule has 1 N–H and O–H groups in total. The van der Waals surface area contributed by atoms with Crippen LogP contribution in [-0.4, -0.2) is 47.8 Å². The summed E-state index contributed by atoms with van der Waals surface area (Å²) < 4.78 is 5.19. The zero-order valence-corrected chi connectivity index (χ0v) is 9.70. The lowest BCUT2D eigenvalue weighted by molar-refractivity contribution is -0.142. The molecule has 4 heteroatoms. The predicted octanol–water partition coefficient (Wildman–Crippen LogP) is 0.641. The van der Waals surface area contributed by atoms with Crippen molar-refractivity contribution >= 4 is 5.91 Å². The second kappa shape index (κ2) is 5.32. The molecule has 0 aromatic rings. The molecule has 0 spiro atoms. The summed E-state index contributed by atoms with van der Waals surface area (Å²) in [4.78, 5) is 13.1. The second-order valence-corrected chi connectivity index (χ2v) is 4.28. The standard InChI is InChI=1S/C10H21NO3/c1-8(2)14-6-9(13)11(5)10(3,4)7-12/h8,12H,6-7H2,1-5H3. The molecule has 0 aromatic carbocycles. The van der Waals surface area contributed by atoms with E-state index in [-0.39, 0.29) is 25.2 Å². The van der Waals surface area contributed by atoms with Crippen molar-refractivity contribution in [2.75, 3.05) is 20.3 Å². The van der Waals surface area contributed by atoms with E-state index >= 15 is 0 Å². The van der Waals surface area contributed by atoms with E-state index in [0.29, 0.717) is 0 Å². The summed E-state index contributed by atoms with van der Waals surface area (Å²) >= 11 is 0. The summed E-state index contributed by atoms with van der Waals surface area (Å²) in [5.74, 6) is -0.113. The van der Waals surface area contributed by atoms with Gasteiger partial charge < -0.3 is 14.7 Å². The number of carbonyl (C=O) groups excluding carboxylic acids is 1. The van der Waals surface area contributed by atoms with Crippen LogP contribution < -0.4 is 0 Å². The van der Waals surface area contributed by atoms with Crippen molar-refractivity contribution in [1.29, 1.82) is 0 Å². The van der Waals surface area contributed by atoms with Crippen LogP contribution in [0.1, 0.15) is 27.7 Å².